The molecule has 0 aromatic heterocycles. The number of sulfonamides is 1. The van der Waals surface area contributed by atoms with Crippen molar-refractivity contribution in [2.24, 2.45) is 0 Å². The molecule has 3 aromatic carbocycles. The Morgan fingerprint density at radius 3 is 2.18 bits per heavy atom. The molecule has 1 unspecified atom stereocenters. The van der Waals surface area contributed by atoms with Crippen LogP contribution in [0.5, 0.6) is 0 Å². The molecule has 0 aliphatic heterocycles. The summed E-state index contributed by atoms with van der Waals surface area (Å²) in [6, 6.07) is 21.7. The van der Waals surface area contributed by atoms with Crippen LogP contribution in [0, 0.1) is 5.82 Å². The number of carbonyl (C=O) groups is 2. The van der Waals surface area contributed by atoms with Crippen LogP contribution in [0.1, 0.15) is 24.0 Å². The van der Waals surface area contributed by atoms with Crippen molar-refractivity contribution in [3.63, 3.8) is 0 Å². The molecule has 0 bridgehead atoms. The summed E-state index contributed by atoms with van der Waals surface area (Å²) < 4.78 is 41.0. The number of hydrogen-bond acceptors (Lipinski definition) is 4. The van der Waals surface area contributed by atoms with Crippen LogP contribution in [0.3, 0.4) is 0 Å². The minimum Gasteiger partial charge on any atom is -0.357 e. The molecular weight excluding hydrogens is 573 g/mol. The second-order valence-corrected chi connectivity index (χ2v) is 11.7. The zero-order chi connectivity index (χ0) is 27.7. The lowest BCUT2D eigenvalue weighted by molar-refractivity contribution is -0.141. The molecule has 0 saturated heterocycles. The van der Waals surface area contributed by atoms with E-state index >= 15 is 0 Å². The molecule has 0 aliphatic rings. The minimum atomic E-state index is -3.79. The zero-order valence-electron chi connectivity index (χ0n) is 21.3. The Morgan fingerprint density at radius 2 is 1.58 bits per heavy atom. The maximum absolute atomic E-state index is 14.4. The Labute approximate surface area is 231 Å². The molecule has 0 spiro atoms. The van der Waals surface area contributed by atoms with Gasteiger partial charge >= 0.3 is 0 Å². The predicted octanol–water partition coefficient (Wildman–Crippen LogP) is 4.52. The molecule has 10 heteroatoms. The van der Waals surface area contributed by atoms with Gasteiger partial charge in [-0.2, -0.15) is 0 Å². The number of carbonyl (C=O) groups excluding carboxylic acids is 2. The van der Waals surface area contributed by atoms with Crippen molar-refractivity contribution in [2.45, 2.75) is 31.8 Å². The van der Waals surface area contributed by atoms with Gasteiger partial charge < -0.3 is 10.2 Å². The topological polar surface area (TPSA) is 86.8 Å². The van der Waals surface area contributed by atoms with E-state index in [4.69, 9.17) is 0 Å². The van der Waals surface area contributed by atoms with E-state index in [1.807, 2.05) is 54.6 Å². The van der Waals surface area contributed by atoms with E-state index < -0.39 is 21.9 Å². The number of benzene rings is 3. The van der Waals surface area contributed by atoms with E-state index in [1.165, 1.54) is 30.1 Å². The number of nitrogens with zero attached hydrogens (tertiary/aromatic N) is 2. The Bertz CT molecular complexity index is 1340. The number of halogens is 2. The van der Waals surface area contributed by atoms with Crippen LogP contribution in [0.2, 0.25) is 0 Å². The largest absolute Gasteiger partial charge is 0.357 e. The molecule has 38 heavy (non-hydrogen) atoms. The van der Waals surface area contributed by atoms with E-state index in [9.17, 15) is 22.4 Å². The summed E-state index contributed by atoms with van der Waals surface area (Å²) in [5.41, 5.74) is 1.67. The molecule has 0 heterocycles. The van der Waals surface area contributed by atoms with Crippen molar-refractivity contribution in [1.29, 1.82) is 0 Å². The van der Waals surface area contributed by atoms with Crippen molar-refractivity contribution in [3.05, 3.63) is 100 Å². The number of nitrogens with one attached hydrogen (secondary N) is 1. The SMILES string of the molecule is CNC(=O)C(Cc1ccccc1)N(Cc1ccc(Br)cc1)C(=O)CCCN(c1ccccc1F)S(C)(=O)=O. The first-order chi connectivity index (χ1) is 18.1. The Balaban J connectivity index is 1.84. The monoisotopic (exact) mass is 603 g/mol. The smallest absolute Gasteiger partial charge is 0.242 e. The highest BCUT2D eigenvalue weighted by Gasteiger charge is 2.30. The molecule has 0 radical (unpaired) electrons. The van der Waals surface area contributed by atoms with Gasteiger partial charge in [0.1, 0.15) is 11.9 Å². The number of anilines is 1. The van der Waals surface area contributed by atoms with Crippen LogP contribution in [0.15, 0.2) is 83.3 Å². The van der Waals surface area contributed by atoms with Crippen molar-refractivity contribution in [2.75, 3.05) is 24.2 Å². The fourth-order valence-electron chi connectivity index (χ4n) is 4.14. The van der Waals surface area contributed by atoms with Crippen LogP contribution >= 0.6 is 15.9 Å². The molecule has 1 N–H and O–H groups in total. The molecule has 1 atom stereocenters. The maximum atomic E-state index is 14.4. The predicted molar refractivity (Wildman–Crippen MR) is 151 cm³/mol. The van der Waals surface area contributed by atoms with Gasteiger partial charge in [-0.15, -0.1) is 0 Å². The number of para-hydroxylation sites is 1. The average Bonchev–Trinajstić information content (AvgIpc) is 2.89. The fourth-order valence-corrected chi connectivity index (χ4v) is 5.37. The van der Waals surface area contributed by atoms with Gasteiger partial charge in [-0.05, 0) is 41.8 Å². The molecule has 3 rings (SSSR count). The van der Waals surface area contributed by atoms with Crippen LogP contribution in [-0.2, 0) is 32.6 Å². The molecule has 0 fully saturated rings. The summed E-state index contributed by atoms with van der Waals surface area (Å²) in [7, 11) is -2.26. The number of likely N-dealkylation sites (N-methyl/N-ethyl adjacent to an activating group) is 1. The second kappa shape index (κ2) is 13.5. The van der Waals surface area contributed by atoms with Crippen molar-refractivity contribution in [3.8, 4) is 0 Å². The maximum Gasteiger partial charge on any atom is 0.242 e. The van der Waals surface area contributed by atoms with Gasteiger partial charge in [0.25, 0.3) is 0 Å². The van der Waals surface area contributed by atoms with Gasteiger partial charge in [0.15, 0.2) is 0 Å². The first kappa shape index (κ1) is 29.3. The highest BCUT2D eigenvalue weighted by Crippen LogP contribution is 2.23. The molecule has 3 aromatic rings. The third-order valence-corrected chi connectivity index (χ3v) is 7.77. The van der Waals surface area contributed by atoms with Crippen molar-refractivity contribution >= 4 is 43.5 Å². The number of amides is 2. The molecule has 0 saturated carbocycles. The molecule has 2 amide bonds. The average molecular weight is 605 g/mol. The number of rotatable bonds is 12. The summed E-state index contributed by atoms with van der Waals surface area (Å²) in [6.07, 6.45) is 1.43. The summed E-state index contributed by atoms with van der Waals surface area (Å²) in [5.74, 6) is -1.27. The Hall–Kier alpha value is -3.24. The van der Waals surface area contributed by atoms with E-state index in [-0.39, 0.29) is 43.4 Å². The highest BCUT2D eigenvalue weighted by atomic mass is 79.9. The Kier molecular flexibility index (Phi) is 10.4. The lowest BCUT2D eigenvalue weighted by Crippen LogP contribution is -2.49. The van der Waals surface area contributed by atoms with Gasteiger partial charge in [0.2, 0.25) is 21.8 Å². The molecular formula is C28H31BrFN3O4S. The summed E-state index contributed by atoms with van der Waals surface area (Å²) in [6.45, 7) is 0.112. The van der Waals surface area contributed by atoms with Crippen LogP contribution in [0.4, 0.5) is 10.1 Å². The van der Waals surface area contributed by atoms with Crippen LogP contribution < -0.4 is 9.62 Å². The molecule has 202 valence electrons. The van der Waals surface area contributed by atoms with E-state index in [0.29, 0.717) is 6.42 Å². The normalized spacial score (nSPS) is 12.0. The van der Waals surface area contributed by atoms with Gasteiger partial charge in [-0.25, -0.2) is 12.8 Å². The van der Waals surface area contributed by atoms with E-state index in [2.05, 4.69) is 21.2 Å². The Morgan fingerprint density at radius 1 is 0.947 bits per heavy atom. The van der Waals surface area contributed by atoms with Gasteiger partial charge in [0, 0.05) is 37.5 Å². The first-order valence-electron chi connectivity index (χ1n) is 12.1. The van der Waals surface area contributed by atoms with E-state index in [1.54, 1.807) is 6.07 Å². The number of hydrogen-bond donors (Lipinski definition) is 1. The van der Waals surface area contributed by atoms with Gasteiger partial charge in [-0.1, -0.05) is 70.5 Å². The first-order valence-corrected chi connectivity index (χ1v) is 14.8. The minimum absolute atomic E-state index is 0.0285. The van der Waals surface area contributed by atoms with Gasteiger partial charge in [0.05, 0.1) is 11.9 Å². The quantitative estimate of drug-likeness (QED) is 0.330. The highest BCUT2D eigenvalue weighted by molar-refractivity contribution is 9.10. The third-order valence-electron chi connectivity index (χ3n) is 6.06. The lowest BCUT2D eigenvalue weighted by atomic mass is 10.0. The van der Waals surface area contributed by atoms with E-state index in [0.717, 1.165) is 26.2 Å². The van der Waals surface area contributed by atoms with Crippen molar-refractivity contribution < 1.29 is 22.4 Å². The standard InChI is InChI=1S/C28H31BrFN3O4S/c1-31-28(35)26(19-21-9-4-3-5-10-21)32(20-22-14-16-23(29)17-15-22)27(34)13-8-18-33(38(2,36)37)25-12-7-6-11-24(25)30/h3-7,9-12,14-17,26H,8,13,18-20H2,1-2H3,(H,31,35). The lowest BCUT2D eigenvalue weighted by Gasteiger charge is -2.31. The van der Waals surface area contributed by atoms with Crippen molar-refractivity contribution in [1.82, 2.24) is 10.2 Å². The fraction of sp³-hybridized carbons (Fsp3) is 0.286. The molecule has 7 nitrogen and oxygen atoms in total. The third kappa shape index (κ3) is 8.13. The van der Waals surface area contributed by atoms with Crippen LogP contribution in [-0.4, -0.2) is 51.0 Å². The summed E-state index contributed by atoms with van der Waals surface area (Å²) in [4.78, 5) is 28.1. The zero-order valence-corrected chi connectivity index (χ0v) is 23.7. The van der Waals surface area contributed by atoms with Crippen LogP contribution in [0.25, 0.3) is 0 Å². The second-order valence-electron chi connectivity index (χ2n) is 8.86. The molecule has 0 aliphatic carbocycles. The summed E-state index contributed by atoms with van der Waals surface area (Å²) >= 11 is 3.41. The summed E-state index contributed by atoms with van der Waals surface area (Å²) in [5, 5.41) is 2.67. The van der Waals surface area contributed by atoms with Gasteiger partial charge in [-0.3, -0.25) is 13.9 Å².